The van der Waals surface area contributed by atoms with Crippen LogP contribution in [0.2, 0.25) is 0 Å². The first-order valence-electron chi connectivity index (χ1n) is 6.50. The van der Waals surface area contributed by atoms with Gasteiger partial charge in [-0.2, -0.15) is 5.26 Å². The Balaban J connectivity index is 3.28. The van der Waals surface area contributed by atoms with E-state index < -0.39 is 6.10 Å². The molecule has 0 saturated carbocycles. The molecule has 1 unspecified atom stereocenters. The SMILES string of the molecule is Cc1cc(N(CCC#N)C(C)C)c(C(C)O)cc1F. The fourth-order valence-corrected chi connectivity index (χ4v) is 2.09. The topological polar surface area (TPSA) is 47.3 Å². The molecule has 104 valence electrons. The number of aliphatic hydroxyl groups excluding tert-OH is 1. The molecule has 0 aliphatic rings. The lowest BCUT2D eigenvalue weighted by atomic mass is 10.0. The van der Waals surface area contributed by atoms with Gasteiger partial charge in [0, 0.05) is 23.8 Å². The highest BCUT2D eigenvalue weighted by molar-refractivity contribution is 5.57. The number of halogens is 1. The van der Waals surface area contributed by atoms with Crippen molar-refractivity contribution in [3.05, 3.63) is 29.1 Å². The van der Waals surface area contributed by atoms with E-state index in [0.717, 1.165) is 5.69 Å². The van der Waals surface area contributed by atoms with E-state index in [1.54, 1.807) is 19.9 Å². The summed E-state index contributed by atoms with van der Waals surface area (Å²) in [4.78, 5) is 2.03. The van der Waals surface area contributed by atoms with Crippen LogP contribution in [-0.4, -0.2) is 17.7 Å². The lowest BCUT2D eigenvalue weighted by molar-refractivity contribution is 0.199. The summed E-state index contributed by atoms with van der Waals surface area (Å²) in [6, 6.07) is 5.43. The quantitative estimate of drug-likeness (QED) is 0.887. The molecule has 1 rings (SSSR count). The Hall–Kier alpha value is -1.60. The van der Waals surface area contributed by atoms with Crippen LogP contribution in [-0.2, 0) is 0 Å². The summed E-state index contributed by atoms with van der Waals surface area (Å²) in [6.45, 7) is 7.92. The number of hydrogen-bond donors (Lipinski definition) is 1. The van der Waals surface area contributed by atoms with Crippen LogP contribution in [0, 0.1) is 24.1 Å². The third-order valence-corrected chi connectivity index (χ3v) is 3.16. The van der Waals surface area contributed by atoms with Crippen molar-refractivity contribution in [3.63, 3.8) is 0 Å². The molecule has 1 N–H and O–H groups in total. The van der Waals surface area contributed by atoms with Gasteiger partial charge in [0.25, 0.3) is 0 Å². The van der Waals surface area contributed by atoms with Crippen LogP contribution in [0.15, 0.2) is 12.1 Å². The van der Waals surface area contributed by atoms with Gasteiger partial charge in [-0.15, -0.1) is 0 Å². The number of hydrogen-bond acceptors (Lipinski definition) is 3. The predicted molar refractivity (Wildman–Crippen MR) is 74.5 cm³/mol. The molecule has 0 bridgehead atoms. The molecule has 1 atom stereocenters. The predicted octanol–water partition coefficient (Wildman–Crippen LogP) is 3.32. The largest absolute Gasteiger partial charge is 0.389 e. The van der Waals surface area contributed by atoms with Crippen LogP contribution in [0.4, 0.5) is 10.1 Å². The Labute approximate surface area is 114 Å². The molecule has 0 aliphatic heterocycles. The molecule has 0 fully saturated rings. The van der Waals surface area contributed by atoms with E-state index in [9.17, 15) is 9.50 Å². The highest BCUT2D eigenvalue weighted by atomic mass is 19.1. The number of benzene rings is 1. The molecule has 0 aliphatic carbocycles. The fraction of sp³-hybridized carbons (Fsp3) is 0.533. The molecule has 1 aromatic carbocycles. The van der Waals surface area contributed by atoms with Crippen molar-refractivity contribution in [2.24, 2.45) is 0 Å². The summed E-state index contributed by atoms with van der Waals surface area (Å²) in [7, 11) is 0. The van der Waals surface area contributed by atoms with Gasteiger partial charge in [-0.05, 0) is 45.4 Å². The minimum absolute atomic E-state index is 0.177. The van der Waals surface area contributed by atoms with E-state index in [0.29, 0.717) is 24.1 Å². The maximum atomic E-state index is 13.7. The first kappa shape index (κ1) is 15.5. The maximum Gasteiger partial charge on any atom is 0.126 e. The Morgan fingerprint density at radius 3 is 2.47 bits per heavy atom. The van der Waals surface area contributed by atoms with Crippen molar-refractivity contribution in [2.45, 2.75) is 46.3 Å². The van der Waals surface area contributed by atoms with E-state index in [1.165, 1.54) is 6.07 Å². The van der Waals surface area contributed by atoms with E-state index in [4.69, 9.17) is 5.26 Å². The molecule has 1 aromatic rings. The molecule has 0 radical (unpaired) electrons. The minimum Gasteiger partial charge on any atom is -0.389 e. The average molecular weight is 264 g/mol. The average Bonchev–Trinajstić information content (AvgIpc) is 2.32. The first-order valence-corrected chi connectivity index (χ1v) is 6.50. The molecule has 0 aromatic heterocycles. The van der Waals surface area contributed by atoms with Gasteiger partial charge in [-0.3, -0.25) is 0 Å². The van der Waals surface area contributed by atoms with Gasteiger partial charge in [-0.25, -0.2) is 4.39 Å². The van der Waals surface area contributed by atoms with Gasteiger partial charge in [0.1, 0.15) is 5.82 Å². The van der Waals surface area contributed by atoms with Gasteiger partial charge in [0.2, 0.25) is 0 Å². The summed E-state index contributed by atoms with van der Waals surface area (Å²) in [5, 5.41) is 18.6. The third kappa shape index (κ3) is 3.68. The first-order chi connectivity index (χ1) is 8.88. The van der Waals surface area contributed by atoms with Gasteiger partial charge >= 0.3 is 0 Å². The number of nitriles is 1. The van der Waals surface area contributed by atoms with Crippen molar-refractivity contribution in [3.8, 4) is 6.07 Å². The zero-order valence-electron chi connectivity index (χ0n) is 11.9. The Bertz CT molecular complexity index is 478. The van der Waals surface area contributed by atoms with Crippen molar-refractivity contribution in [2.75, 3.05) is 11.4 Å². The molecule has 4 heteroatoms. The van der Waals surface area contributed by atoms with Crippen molar-refractivity contribution < 1.29 is 9.50 Å². The van der Waals surface area contributed by atoms with E-state index in [2.05, 4.69) is 6.07 Å². The molecule has 0 spiro atoms. The highest BCUT2D eigenvalue weighted by Crippen LogP contribution is 2.30. The summed E-state index contributed by atoms with van der Waals surface area (Å²) < 4.78 is 13.7. The second-order valence-corrected chi connectivity index (χ2v) is 5.03. The molecule has 0 saturated heterocycles. The number of aryl methyl sites for hydroxylation is 1. The molecule has 3 nitrogen and oxygen atoms in total. The van der Waals surface area contributed by atoms with Crippen LogP contribution in [0.25, 0.3) is 0 Å². The summed E-state index contributed by atoms with van der Waals surface area (Å²) in [5.41, 5.74) is 1.91. The van der Waals surface area contributed by atoms with E-state index >= 15 is 0 Å². The maximum absolute atomic E-state index is 13.7. The van der Waals surface area contributed by atoms with Crippen LogP contribution in [0.5, 0.6) is 0 Å². The second kappa shape index (κ2) is 6.53. The van der Waals surface area contributed by atoms with E-state index in [1.807, 2.05) is 18.7 Å². The van der Waals surface area contributed by atoms with Crippen LogP contribution in [0.1, 0.15) is 44.4 Å². The number of anilines is 1. The van der Waals surface area contributed by atoms with Gasteiger partial charge in [-0.1, -0.05) is 0 Å². The van der Waals surface area contributed by atoms with E-state index in [-0.39, 0.29) is 11.9 Å². The minimum atomic E-state index is -0.742. The zero-order chi connectivity index (χ0) is 14.6. The van der Waals surface area contributed by atoms with Crippen LogP contribution < -0.4 is 4.90 Å². The van der Waals surface area contributed by atoms with Gasteiger partial charge in [0.15, 0.2) is 0 Å². The molecule has 0 amide bonds. The van der Waals surface area contributed by atoms with Gasteiger partial charge in [0.05, 0.1) is 18.6 Å². The zero-order valence-corrected chi connectivity index (χ0v) is 11.9. The fourth-order valence-electron chi connectivity index (χ4n) is 2.09. The van der Waals surface area contributed by atoms with Crippen LogP contribution in [0.3, 0.4) is 0 Å². The lowest BCUT2D eigenvalue weighted by Crippen LogP contribution is -2.32. The highest BCUT2D eigenvalue weighted by Gasteiger charge is 2.18. The summed E-state index contributed by atoms with van der Waals surface area (Å²) in [6.07, 6.45) is -0.346. The molecular formula is C15H21FN2O. The number of aliphatic hydroxyl groups is 1. The summed E-state index contributed by atoms with van der Waals surface area (Å²) in [5.74, 6) is -0.316. The normalized spacial score (nSPS) is 12.3. The Morgan fingerprint density at radius 2 is 2.00 bits per heavy atom. The number of rotatable bonds is 5. The molecule has 19 heavy (non-hydrogen) atoms. The number of nitrogens with zero attached hydrogens (tertiary/aromatic N) is 2. The smallest absolute Gasteiger partial charge is 0.126 e. The lowest BCUT2D eigenvalue weighted by Gasteiger charge is -2.31. The van der Waals surface area contributed by atoms with Gasteiger partial charge < -0.3 is 10.0 Å². The van der Waals surface area contributed by atoms with Crippen molar-refractivity contribution in [1.29, 1.82) is 5.26 Å². The van der Waals surface area contributed by atoms with Crippen molar-refractivity contribution >= 4 is 5.69 Å². The summed E-state index contributed by atoms with van der Waals surface area (Å²) >= 11 is 0. The second-order valence-electron chi connectivity index (χ2n) is 5.03. The Kier molecular flexibility index (Phi) is 5.31. The van der Waals surface area contributed by atoms with Crippen LogP contribution >= 0.6 is 0 Å². The Morgan fingerprint density at radius 1 is 1.37 bits per heavy atom. The molecular weight excluding hydrogens is 243 g/mol. The van der Waals surface area contributed by atoms with Crippen molar-refractivity contribution in [1.82, 2.24) is 0 Å². The third-order valence-electron chi connectivity index (χ3n) is 3.16. The molecule has 0 heterocycles. The monoisotopic (exact) mass is 264 g/mol. The standard InChI is InChI=1S/C15H21FN2O/c1-10(2)18(7-5-6-17)15-8-11(3)14(16)9-13(15)12(4)19/h8-10,12,19H,5,7H2,1-4H3.